The van der Waals surface area contributed by atoms with Gasteiger partial charge in [-0.2, -0.15) is 0 Å². The summed E-state index contributed by atoms with van der Waals surface area (Å²) < 4.78 is 0. The van der Waals surface area contributed by atoms with E-state index in [-0.39, 0.29) is 23.6 Å². The number of nitrogens with one attached hydrogen (secondary N) is 1. The summed E-state index contributed by atoms with van der Waals surface area (Å²) in [5.41, 5.74) is 1.30. The molecule has 5 nitrogen and oxygen atoms in total. The number of hydrogen-bond donors (Lipinski definition) is 1. The van der Waals surface area contributed by atoms with E-state index in [2.05, 4.69) is 15.3 Å². The SMILES string of the molecule is O=C1CCC(c2cc(CCl)ncn2)C(=O)N1. The van der Waals surface area contributed by atoms with Crippen molar-refractivity contribution in [1.82, 2.24) is 15.3 Å². The lowest BCUT2D eigenvalue weighted by Crippen LogP contribution is -2.39. The van der Waals surface area contributed by atoms with E-state index in [4.69, 9.17) is 11.6 Å². The Labute approximate surface area is 97.2 Å². The van der Waals surface area contributed by atoms with Gasteiger partial charge in [-0.15, -0.1) is 11.6 Å². The Bertz CT molecular complexity index is 436. The Morgan fingerprint density at radius 1 is 1.44 bits per heavy atom. The summed E-state index contributed by atoms with van der Waals surface area (Å²) in [6, 6.07) is 1.70. The molecule has 2 heterocycles. The van der Waals surface area contributed by atoms with Gasteiger partial charge in [0.1, 0.15) is 6.33 Å². The molecule has 0 aliphatic carbocycles. The first-order valence-electron chi connectivity index (χ1n) is 4.91. The van der Waals surface area contributed by atoms with Crippen LogP contribution in [0, 0.1) is 0 Å². The average molecular weight is 240 g/mol. The highest BCUT2D eigenvalue weighted by atomic mass is 35.5. The normalized spacial score (nSPS) is 20.7. The molecule has 0 spiro atoms. The van der Waals surface area contributed by atoms with E-state index >= 15 is 0 Å². The first kappa shape index (κ1) is 11.0. The zero-order valence-electron chi connectivity index (χ0n) is 8.44. The van der Waals surface area contributed by atoms with Crippen LogP contribution in [0.4, 0.5) is 0 Å². The minimum absolute atomic E-state index is 0.229. The van der Waals surface area contributed by atoms with E-state index in [1.54, 1.807) is 6.07 Å². The van der Waals surface area contributed by atoms with E-state index in [1.807, 2.05) is 0 Å². The third-order valence-electron chi connectivity index (χ3n) is 2.48. The van der Waals surface area contributed by atoms with E-state index in [0.717, 1.165) is 0 Å². The summed E-state index contributed by atoms with van der Waals surface area (Å²) >= 11 is 5.65. The molecule has 1 atom stereocenters. The van der Waals surface area contributed by atoms with Gasteiger partial charge in [0, 0.05) is 6.42 Å². The Morgan fingerprint density at radius 2 is 2.25 bits per heavy atom. The maximum Gasteiger partial charge on any atom is 0.235 e. The predicted octanol–water partition coefficient (Wildman–Crippen LogP) is 0.736. The van der Waals surface area contributed by atoms with Crippen molar-refractivity contribution in [2.75, 3.05) is 0 Å². The highest BCUT2D eigenvalue weighted by Crippen LogP contribution is 2.23. The summed E-state index contributed by atoms with van der Waals surface area (Å²) in [5, 5.41) is 2.29. The molecule has 2 rings (SSSR count). The van der Waals surface area contributed by atoms with Crippen LogP contribution in [0.5, 0.6) is 0 Å². The molecule has 0 aromatic carbocycles. The summed E-state index contributed by atoms with van der Waals surface area (Å²) in [6.07, 6.45) is 2.22. The van der Waals surface area contributed by atoms with E-state index in [0.29, 0.717) is 24.2 Å². The molecule has 2 amide bonds. The molecule has 0 radical (unpaired) electrons. The maximum absolute atomic E-state index is 11.6. The number of hydrogen-bond acceptors (Lipinski definition) is 4. The van der Waals surface area contributed by atoms with Crippen LogP contribution in [0.15, 0.2) is 12.4 Å². The fourth-order valence-electron chi connectivity index (χ4n) is 1.65. The molecule has 84 valence electrons. The first-order valence-corrected chi connectivity index (χ1v) is 5.44. The number of amides is 2. The van der Waals surface area contributed by atoms with Gasteiger partial charge < -0.3 is 0 Å². The molecular weight excluding hydrogens is 230 g/mol. The van der Waals surface area contributed by atoms with Crippen molar-refractivity contribution in [1.29, 1.82) is 0 Å². The molecular formula is C10H10ClN3O2. The molecule has 0 saturated carbocycles. The van der Waals surface area contributed by atoms with Crippen LogP contribution in [0.2, 0.25) is 0 Å². The number of alkyl halides is 1. The zero-order chi connectivity index (χ0) is 11.5. The van der Waals surface area contributed by atoms with Crippen LogP contribution < -0.4 is 5.32 Å². The van der Waals surface area contributed by atoms with Crippen LogP contribution >= 0.6 is 11.6 Å². The standard InChI is InChI=1S/C10H10ClN3O2/c11-4-6-3-8(13-5-12-6)7-1-2-9(15)14-10(7)16/h3,5,7H,1-2,4H2,(H,14,15,16). The van der Waals surface area contributed by atoms with Crippen LogP contribution in [0.3, 0.4) is 0 Å². The van der Waals surface area contributed by atoms with Crippen LogP contribution in [-0.2, 0) is 15.5 Å². The minimum Gasteiger partial charge on any atom is -0.296 e. The van der Waals surface area contributed by atoms with Gasteiger partial charge in [-0.3, -0.25) is 14.9 Å². The lowest BCUT2D eigenvalue weighted by molar-refractivity contribution is -0.134. The molecule has 1 saturated heterocycles. The highest BCUT2D eigenvalue weighted by Gasteiger charge is 2.29. The maximum atomic E-state index is 11.6. The third kappa shape index (κ3) is 2.19. The van der Waals surface area contributed by atoms with E-state index in [1.165, 1.54) is 6.33 Å². The average Bonchev–Trinajstić information content (AvgIpc) is 2.29. The fraction of sp³-hybridized carbons (Fsp3) is 0.400. The first-order chi connectivity index (χ1) is 7.70. The number of carbonyl (C=O) groups excluding carboxylic acids is 2. The molecule has 6 heteroatoms. The Morgan fingerprint density at radius 3 is 2.94 bits per heavy atom. The Balaban J connectivity index is 2.23. The van der Waals surface area contributed by atoms with Crippen molar-refractivity contribution in [3.8, 4) is 0 Å². The second-order valence-corrected chi connectivity index (χ2v) is 3.84. The lowest BCUT2D eigenvalue weighted by atomic mass is 9.94. The van der Waals surface area contributed by atoms with Gasteiger partial charge in [0.25, 0.3) is 0 Å². The third-order valence-corrected chi connectivity index (χ3v) is 2.75. The van der Waals surface area contributed by atoms with Gasteiger partial charge in [-0.1, -0.05) is 0 Å². The molecule has 1 aliphatic heterocycles. The van der Waals surface area contributed by atoms with Crippen molar-refractivity contribution < 1.29 is 9.59 Å². The van der Waals surface area contributed by atoms with Crippen LogP contribution in [0.1, 0.15) is 30.1 Å². The lowest BCUT2D eigenvalue weighted by Gasteiger charge is -2.20. The fourth-order valence-corrected chi connectivity index (χ4v) is 1.80. The number of nitrogens with zero attached hydrogens (tertiary/aromatic N) is 2. The second kappa shape index (κ2) is 4.57. The summed E-state index contributed by atoms with van der Waals surface area (Å²) in [6.45, 7) is 0. The van der Waals surface area contributed by atoms with Crippen LogP contribution in [0.25, 0.3) is 0 Å². The smallest absolute Gasteiger partial charge is 0.235 e. The van der Waals surface area contributed by atoms with Gasteiger partial charge in [0.15, 0.2) is 0 Å². The summed E-state index contributed by atoms with van der Waals surface area (Å²) in [4.78, 5) is 30.6. The van der Waals surface area contributed by atoms with Crippen molar-refractivity contribution >= 4 is 23.4 Å². The molecule has 1 aromatic heterocycles. The van der Waals surface area contributed by atoms with Crippen molar-refractivity contribution in [2.24, 2.45) is 0 Å². The van der Waals surface area contributed by atoms with Gasteiger partial charge in [-0.05, 0) is 12.5 Å². The number of carbonyl (C=O) groups is 2. The summed E-state index contributed by atoms with van der Waals surface area (Å²) in [5.74, 6) is -0.617. The second-order valence-electron chi connectivity index (χ2n) is 3.57. The highest BCUT2D eigenvalue weighted by molar-refractivity contribution is 6.16. The minimum atomic E-state index is -0.373. The molecule has 1 aromatic rings. The van der Waals surface area contributed by atoms with Crippen molar-refractivity contribution in [2.45, 2.75) is 24.6 Å². The summed E-state index contributed by atoms with van der Waals surface area (Å²) in [7, 11) is 0. The Hall–Kier alpha value is -1.49. The van der Waals surface area contributed by atoms with Gasteiger partial charge >= 0.3 is 0 Å². The molecule has 1 unspecified atom stereocenters. The number of halogens is 1. The number of aromatic nitrogens is 2. The monoisotopic (exact) mass is 239 g/mol. The molecule has 1 aliphatic rings. The molecule has 1 fully saturated rings. The molecule has 0 bridgehead atoms. The largest absolute Gasteiger partial charge is 0.296 e. The van der Waals surface area contributed by atoms with Gasteiger partial charge in [0.2, 0.25) is 11.8 Å². The van der Waals surface area contributed by atoms with E-state index < -0.39 is 0 Å². The number of rotatable bonds is 2. The quantitative estimate of drug-likeness (QED) is 0.610. The molecule has 16 heavy (non-hydrogen) atoms. The predicted molar refractivity (Wildman–Crippen MR) is 56.7 cm³/mol. The number of piperidine rings is 1. The Kier molecular flexibility index (Phi) is 3.14. The van der Waals surface area contributed by atoms with Crippen molar-refractivity contribution in [3.05, 3.63) is 23.8 Å². The zero-order valence-corrected chi connectivity index (χ0v) is 9.20. The van der Waals surface area contributed by atoms with Crippen molar-refractivity contribution in [3.63, 3.8) is 0 Å². The van der Waals surface area contributed by atoms with E-state index in [9.17, 15) is 9.59 Å². The molecule has 1 N–H and O–H groups in total. The number of imide groups is 1. The van der Waals surface area contributed by atoms with Gasteiger partial charge in [-0.25, -0.2) is 9.97 Å². The van der Waals surface area contributed by atoms with Crippen LogP contribution in [-0.4, -0.2) is 21.8 Å². The van der Waals surface area contributed by atoms with Gasteiger partial charge in [0.05, 0.1) is 23.2 Å². The topological polar surface area (TPSA) is 72.0 Å².